The standard InChI is InChI=1S/C7H8BrN3O/c1-5-6(8)7(12)11(10-5)4-2-3-9/h10H,2,4H2,1H3. The summed E-state index contributed by atoms with van der Waals surface area (Å²) < 4.78 is 1.96. The third kappa shape index (κ3) is 1.59. The Kier molecular flexibility index (Phi) is 2.71. The summed E-state index contributed by atoms with van der Waals surface area (Å²) in [5, 5.41) is 11.2. The summed E-state index contributed by atoms with van der Waals surface area (Å²) in [6, 6.07) is 1.98. The Balaban J connectivity index is 2.96. The highest BCUT2D eigenvalue weighted by atomic mass is 79.9. The molecule has 0 fully saturated rings. The third-order valence-corrected chi connectivity index (χ3v) is 2.45. The number of nitrogens with zero attached hydrogens (tertiary/aromatic N) is 2. The first-order chi connectivity index (χ1) is 5.66. The number of nitriles is 1. The Hall–Kier alpha value is -1.02. The number of rotatable bonds is 2. The minimum absolute atomic E-state index is 0.109. The van der Waals surface area contributed by atoms with E-state index >= 15 is 0 Å². The maximum Gasteiger partial charge on any atom is 0.281 e. The van der Waals surface area contributed by atoms with E-state index < -0.39 is 0 Å². The van der Waals surface area contributed by atoms with Gasteiger partial charge in [0.1, 0.15) is 4.47 Å². The minimum atomic E-state index is -0.109. The number of halogens is 1. The second-order valence-electron chi connectivity index (χ2n) is 2.42. The molecule has 0 spiro atoms. The molecule has 1 aromatic heterocycles. The zero-order valence-corrected chi connectivity index (χ0v) is 8.18. The van der Waals surface area contributed by atoms with Crippen molar-refractivity contribution in [2.45, 2.75) is 19.9 Å². The van der Waals surface area contributed by atoms with Gasteiger partial charge in [-0.3, -0.25) is 14.6 Å². The van der Waals surface area contributed by atoms with Crippen LogP contribution in [0.5, 0.6) is 0 Å². The molecule has 1 rings (SSSR count). The number of aromatic amines is 1. The predicted octanol–water partition coefficient (Wildman–Crippen LogP) is 1.16. The zero-order valence-electron chi connectivity index (χ0n) is 6.59. The van der Waals surface area contributed by atoms with Crippen LogP contribution in [0.25, 0.3) is 0 Å². The van der Waals surface area contributed by atoms with Crippen LogP contribution in [-0.2, 0) is 6.54 Å². The molecule has 4 nitrogen and oxygen atoms in total. The van der Waals surface area contributed by atoms with Crippen molar-refractivity contribution in [2.75, 3.05) is 0 Å². The highest BCUT2D eigenvalue weighted by Crippen LogP contribution is 2.06. The Bertz CT molecular complexity index is 371. The minimum Gasteiger partial charge on any atom is -0.299 e. The SMILES string of the molecule is Cc1[nH]n(CCC#N)c(=O)c1Br. The normalized spacial score (nSPS) is 9.75. The Morgan fingerprint density at radius 2 is 2.42 bits per heavy atom. The van der Waals surface area contributed by atoms with Gasteiger partial charge in [0.2, 0.25) is 0 Å². The van der Waals surface area contributed by atoms with Crippen molar-refractivity contribution in [3.63, 3.8) is 0 Å². The smallest absolute Gasteiger partial charge is 0.281 e. The fourth-order valence-corrected chi connectivity index (χ4v) is 1.20. The molecule has 1 heterocycles. The van der Waals surface area contributed by atoms with Crippen molar-refractivity contribution in [3.8, 4) is 6.07 Å². The summed E-state index contributed by atoms with van der Waals surface area (Å²) >= 11 is 3.14. The summed E-state index contributed by atoms with van der Waals surface area (Å²) in [5.74, 6) is 0. The predicted molar refractivity (Wildman–Crippen MR) is 47.7 cm³/mol. The molecule has 0 saturated heterocycles. The van der Waals surface area contributed by atoms with Crippen molar-refractivity contribution in [1.82, 2.24) is 9.78 Å². The number of hydrogen-bond donors (Lipinski definition) is 1. The molecule has 0 aromatic carbocycles. The lowest BCUT2D eigenvalue weighted by Gasteiger charge is -1.94. The number of nitrogens with one attached hydrogen (secondary N) is 1. The van der Waals surface area contributed by atoms with Gasteiger partial charge in [-0.25, -0.2) is 0 Å². The van der Waals surface area contributed by atoms with Gasteiger partial charge in [0.25, 0.3) is 5.56 Å². The summed E-state index contributed by atoms with van der Waals surface area (Å²) in [6.07, 6.45) is 0.340. The van der Waals surface area contributed by atoms with Crippen LogP contribution in [0.15, 0.2) is 9.27 Å². The Labute approximate surface area is 77.9 Å². The van der Waals surface area contributed by atoms with Crippen LogP contribution in [0.4, 0.5) is 0 Å². The first-order valence-corrected chi connectivity index (χ1v) is 4.28. The van der Waals surface area contributed by atoms with E-state index in [1.165, 1.54) is 4.68 Å². The van der Waals surface area contributed by atoms with E-state index in [1.807, 2.05) is 6.07 Å². The van der Waals surface area contributed by atoms with Crippen molar-refractivity contribution >= 4 is 15.9 Å². The fraction of sp³-hybridized carbons (Fsp3) is 0.429. The van der Waals surface area contributed by atoms with Gasteiger partial charge in [-0.2, -0.15) is 5.26 Å². The van der Waals surface area contributed by atoms with Crippen LogP contribution < -0.4 is 5.56 Å². The van der Waals surface area contributed by atoms with Gasteiger partial charge in [0.05, 0.1) is 19.0 Å². The molecule has 0 unspecified atom stereocenters. The lowest BCUT2D eigenvalue weighted by molar-refractivity contribution is 0.603. The average molecular weight is 230 g/mol. The largest absolute Gasteiger partial charge is 0.299 e. The van der Waals surface area contributed by atoms with Crippen LogP contribution >= 0.6 is 15.9 Å². The van der Waals surface area contributed by atoms with Gasteiger partial charge in [-0.05, 0) is 22.9 Å². The molecule has 64 valence electrons. The van der Waals surface area contributed by atoms with E-state index in [0.29, 0.717) is 17.4 Å². The summed E-state index contributed by atoms with van der Waals surface area (Å²) in [7, 11) is 0. The van der Waals surface area contributed by atoms with Crippen LogP contribution in [0, 0.1) is 18.3 Å². The lowest BCUT2D eigenvalue weighted by Crippen LogP contribution is -2.16. The summed E-state index contributed by atoms with van der Waals surface area (Å²) in [6.45, 7) is 2.22. The molecule has 1 N–H and O–H groups in total. The number of aromatic nitrogens is 2. The quantitative estimate of drug-likeness (QED) is 0.828. The van der Waals surface area contributed by atoms with Crippen molar-refractivity contribution in [3.05, 3.63) is 20.5 Å². The summed E-state index contributed by atoms with van der Waals surface area (Å²) in [5.41, 5.74) is 0.681. The molecule has 0 amide bonds. The molecule has 1 aromatic rings. The maximum absolute atomic E-state index is 11.3. The van der Waals surface area contributed by atoms with E-state index in [2.05, 4.69) is 21.0 Å². The third-order valence-electron chi connectivity index (χ3n) is 1.51. The van der Waals surface area contributed by atoms with Crippen LogP contribution in [-0.4, -0.2) is 9.78 Å². The number of H-pyrrole nitrogens is 1. The monoisotopic (exact) mass is 229 g/mol. The molecule has 0 aliphatic carbocycles. The molecule has 0 bridgehead atoms. The molecular weight excluding hydrogens is 222 g/mol. The van der Waals surface area contributed by atoms with Gasteiger partial charge in [-0.15, -0.1) is 0 Å². The fourth-order valence-electron chi connectivity index (χ4n) is 0.900. The molecule has 5 heteroatoms. The van der Waals surface area contributed by atoms with Gasteiger partial charge in [0.15, 0.2) is 0 Å². The average Bonchev–Trinajstić information content (AvgIpc) is 2.30. The molecule has 0 aliphatic rings. The molecule has 12 heavy (non-hydrogen) atoms. The van der Waals surface area contributed by atoms with Gasteiger partial charge in [0, 0.05) is 5.69 Å². The van der Waals surface area contributed by atoms with Crippen LogP contribution in [0.1, 0.15) is 12.1 Å². The van der Waals surface area contributed by atoms with Gasteiger partial charge >= 0.3 is 0 Å². The molecular formula is C7H8BrN3O. The van der Waals surface area contributed by atoms with E-state index in [-0.39, 0.29) is 5.56 Å². The van der Waals surface area contributed by atoms with Crippen LogP contribution in [0.2, 0.25) is 0 Å². The number of aryl methyl sites for hydroxylation is 2. The zero-order chi connectivity index (χ0) is 9.14. The topological polar surface area (TPSA) is 61.6 Å². The van der Waals surface area contributed by atoms with Crippen molar-refractivity contribution in [2.24, 2.45) is 0 Å². The molecule has 0 saturated carbocycles. The van der Waals surface area contributed by atoms with Crippen LogP contribution in [0.3, 0.4) is 0 Å². The first kappa shape index (κ1) is 9.07. The summed E-state index contributed by atoms with van der Waals surface area (Å²) in [4.78, 5) is 11.3. The van der Waals surface area contributed by atoms with Gasteiger partial charge in [-0.1, -0.05) is 0 Å². The van der Waals surface area contributed by atoms with E-state index in [0.717, 1.165) is 5.69 Å². The second kappa shape index (κ2) is 3.59. The molecule has 0 aliphatic heterocycles. The highest BCUT2D eigenvalue weighted by molar-refractivity contribution is 9.10. The van der Waals surface area contributed by atoms with Crippen molar-refractivity contribution < 1.29 is 0 Å². The van der Waals surface area contributed by atoms with Gasteiger partial charge < -0.3 is 0 Å². The molecule has 0 radical (unpaired) electrons. The highest BCUT2D eigenvalue weighted by Gasteiger charge is 2.06. The molecule has 0 atom stereocenters. The Morgan fingerprint density at radius 1 is 1.75 bits per heavy atom. The second-order valence-corrected chi connectivity index (χ2v) is 3.21. The van der Waals surface area contributed by atoms with E-state index in [4.69, 9.17) is 5.26 Å². The lowest BCUT2D eigenvalue weighted by atomic mass is 10.5. The number of hydrogen-bond acceptors (Lipinski definition) is 2. The maximum atomic E-state index is 11.3. The first-order valence-electron chi connectivity index (χ1n) is 3.48. The van der Waals surface area contributed by atoms with E-state index in [1.54, 1.807) is 6.92 Å². The van der Waals surface area contributed by atoms with Crippen molar-refractivity contribution in [1.29, 1.82) is 5.26 Å². The Morgan fingerprint density at radius 3 is 2.83 bits per heavy atom. The van der Waals surface area contributed by atoms with E-state index in [9.17, 15) is 4.79 Å².